The van der Waals surface area contributed by atoms with Crippen LogP contribution in [0.5, 0.6) is 11.5 Å². The van der Waals surface area contributed by atoms with E-state index >= 15 is 0 Å². The van der Waals surface area contributed by atoms with Crippen LogP contribution in [0, 0.1) is 0 Å². The third kappa shape index (κ3) is 4.28. The Labute approximate surface area is 161 Å². The van der Waals surface area contributed by atoms with Crippen molar-refractivity contribution in [1.82, 2.24) is 20.2 Å². The summed E-state index contributed by atoms with van der Waals surface area (Å²) in [6.45, 7) is 1.97. The van der Waals surface area contributed by atoms with Crippen molar-refractivity contribution in [3.63, 3.8) is 0 Å². The number of carbonyl (C=O) groups excluding carboxylic acids is 1. The average Bonchev–Trinajstić information content (AvgIpc) is 3.19. The molecule has 0 aliphatic heterocycles. The van der Waals surface area contributed by atoms with Crippen LogP contribution < -0.4 is 9.47 Å². The molecule has 0 amide bonds. The third-order valence-electron chi connectivity index (χ3n) is 4.04. The lowest BCUT2D eigenvalue weighted by atomic mass is 10.1. The number of nitrogens with zero attached hydrogens (tertiary/aromatic N) is 4. The van der Waals surface area contributed by atoms with Gasteiger partial charge < -0.3 is 9.47 Å². The van der Waals surface area contributed by atoms with Gasteiger partial charge in [-0.1, -0.05) is 18.7 Å². The maximum absolute atomic E-state index is 12.9. The molecule has 7 nitrogen and oxygen atoms in total. The van der Waals surface area contributed by atoms with Crippen LogP contribution in [0.25, 0.3) is 5.69 Å². The first-order chi connectivity index (χ1) is 13.2. The fraction of sp³-hybridized carbons (Fsp3) is 0.263. The molecule has 3 rings (SSSR count). The minimum atomic E-state index is -0.290. The number of benzene rings is 2. The highest BCUT2D eigenvalue weighted by Crippen LogP contribution is 2.28. The molecule has 140 valence electrons. The van der Waals surface area contributed by atoms with Crippen molar-refractivity contribution >= 4 is 17.5 Å². The Kier molecular flexibility index (Phi) is 6.08. The molecule has 0 saturated carbocycles. The van der Waals surface area contributed by atoms with Gasteiger partial charge in [-0.05, 0) is 65.4 Å². The number of Topliss-reactive ketones (excluding diaryl/α,β-unsaturated/α-hetero) is 1. The van der Waals surface area contributed by atoms with Gasteiger partial charge in [-0.25, -0.2) is 0 Å². The SMILES string of the molecule is CCC(Sc1nnnn1-c1ccc(OC)cc1)C(=O)c1ccc(OC)cc1. The zero-order chi connectivity index (χ0) is 19.2. The number of carbonyl (C=O) groups is 1. The predicted octanol–water partition coefficient (Wildman–Crippen LogP) is 3.43. The highest BCUT2D eigenvalue weighted by molar-refractivity contribution is 8.00. The summed E-state index contributed by atoms with van der Waals surface area (Å²) in [5.41, 5.74) is 1.44. The van der Waals surface area contributed by atoms with Gasteiger partial charge in [0.25, 0.3) is 0 Å². The number of hydrogen-bond acceptors (Lipinski definition) is 7. The Balaban J connectivity index is 1.80. The molecule has 3 aromatic rings. The fourth-order valence-corrected chi connectivity index (χ4v) is 3.52. The van der Waals surface area contributed by atoms with Gasteiger partial charge >= 0.3 is 0 Å². The monoisotopic (exact) mass is 384 g/mol. The fourth-order valence-electron chi connectivity index (χ4n) is 2.53. The van der Waals surface area contributed by atoms with Crippen molar-refractivity contribution in [1.29, 1.82) is 0 Å². The van der Waals surface area contributed by atoms with Gasteiger partial charge in [0.05, 0.1) is 25.2 Å². The standard InChI is InChI=1S/C19H20N4O3S/c1-4-17(18(24)13-5-9-15(25-2)10-6-13)27-19-20-21-22-23(19)14-7-11-16(26-3)12-8-14/h5-12,17H,4H2,1-3H3. The highest BCUT2D eigenvalue weighted by atomic mass is 32.2. The summed E-state index contributed by atoms with van der Waals surface area (Å²) in [6, 6.07) is 14.5. The molecular formula is C19H20N4O3S. The molecule has 0 saturated heterocycles. The largest absolute Gasteiger partial charge is 0.497 e. The van der Waals surface area contributed by atoms with Gasteiger partial charge in [-0.15, -0.1) is 5.10 Å². The number of hydrogen-bond donors (Lipinski definition) is 0. The van der Waals surface area contributed by atoms with Crippen molar-refractivity contribution in [2.24, 2.45) is 0 Å². The molecule has 0 spiro atoms. The molecule has 1 aromatic heterocycles. The molecule has 8 heteroatoms. The average molecular weight is 384 g/mol. The molecule has 1 unspecified atom stereocenters. The molecule has 0 aliphatic rings. The summed E-state index contributed by atoms with van der Waals surface area (Å²) in [6.07, 6.45) is 0.658. The van der Waals surface area contributed by atoms with Crippen LogP contribution in [0.15, 0.2) is 53.7 Å². The Hall–Kier alpha value is -2.87. The quantitative estimate of drug-likeness (QED) is 0.435. The van der Waals surface area contributed by atoms with Gasteiger partial charge in [-0.3, -0.25) is 4.79 Å². The summed E-state index contributed by atoms with van der Waals surface area (Å²) in [7, 11) is 3.21. The van der Waals surface area contributed by atoms with Crippen LogP contribution in [0.2, 0.25) is 0 Å². The lowest BCUT2D eigenvalue weighted by Crippen LogP contribution is -2.17. The number of thioether (sulfide) groups is 1. The highest BCUT2D eigenvalue weighted by Gasteiger charge is 2.23. The smallest absolute Gasteiger partial charge is 0.214 e. The Morgan fingerprint density at radius 1 is 1.04 bits per heavy atom. The number of rotatable bonds is 8. The molecule has 0 fully saturated rings. The molecule has 27 heavy (non-hydrogen) atoms. The lowest BCUT2D eigenvalue weighted by molar-refractivity contribution is 0.0988. The molecule has 0 N–H and O–H groups in total. The minimum absolute atomic E-state index is 0.0365. The van der Waals surface area contributed by atoms with Gasteiger partial charge in [-0.2, -0.15) is 4.68 Å². The maximum atomic E-state index is 12.9. The Morgan fingerprint density at radius 3 is 2.19 bits per heavy atom. The normalized spacial score (nSPS) is 11.8. The zero-order valence-corrected chi connectivity index (χ0v) is 16.1. The van der Waals surface area contributed by atoms with Gasteiger partial charge in [0.15, 0.2) is 5.78 Å². The summed E-state index contributed by atoms with van der Waals surface area (Å²) >= 11 is 1.35. The van der Waals surface area contributed by atoms with E-state index in [9.17, 15) is 4.79 Å². The number of aromatic nitrogens is 4. The van der Waals surface area contributed by atoms with E-state index in [1.165, 1.54) is 11.8 Å². The Bertz CT molecular complexity index is 894. The van der Waals surface area contributed by atoms with E-state index in [2.05, 4.69) is 15.5 Å². The topological polar surface area (TPSA) is 79.1 Å². The second-order valence-corrected chi connectivity index (χ2v) is 6.85. The maximum Gasteiger partial charge on any atom is 0.214 e. The third-order valence-corrected chi connectivity index (χ3v) is 5.34. The van der Waals surface area contributed by atoms with Crippen LogP contribution in [0.3, 0.4) is 0 Å². The molecule has 1 atom stereocenters. The van der Waals surface area contributed by atoms with Crippen molar-refractivity contribution in [2.75, 3.05) is 14.2 Å². The Morgan fingerprint density at radius 2 is 1.63 bits per heavy atom. The predicted molar refractivity (Wildman–Crippen MR) is 103 cm³/mol. The summed E-state index contributed by atoms with van der Waals surface area (Å²) in [5, 5.41) is 12.2. The lowest BCUT2D eigenvalue weighted by Gasteiger charge is -2.13. The van der Waals surface area contributed by atoms with Crippen molar-refractivity contribution < 1.29 is 14.3 Å². The summed E-state index contributed by atoms with van der Waals surface area (Å²) < 4.78 is 11.9. The second kappa shape index (κ2) is 8.68. The first kappa shape index (κ1) is 18.9. The van der Waals surface area contributed by atoms with E-state index in [1.54, 1.807) is 43.2 Å². The van der Waals surface area contributed by atoms with Crippen molar-refractivity contribution in [2.45, 2.75) is 23.8 Å². The van der Waals surface area contributed by atoms with Crippen molar-refractivity contribution in [3.05, 3.63) is 54.1 Å². The molecular weight excluding hydrogens is 364 g/mol. The zero-order valence-electron chi connectivity index (χ0n) is 15.3. The van der Waals surface area contributed by atoms with Gasteiger partial charge in [0.1, 0.15) is 11.5 Å². The number of tetrazole rings is 1. The molecule has 0 bridgehead atoms. The van der Waals surface area contributed by atoms with E-state index in [0.29, 0.717) is 17.1 Å². The first-order valence-electron chi connectivity index (χ1n) is 8.44. The van der Waals surface area contributed by atoms with Crippen LogP contribution in [0.4, 0.5) is 0 Å². The molecule has 0 aliphatic carbocycles. The van der Waals surface area contributed by atoms with Crippen LogP contribution in [-0.4, -0.2) is 45.5 Å². The van der Waals surface area contributed by atoms with Crippen molar-refractivity contribution in [3.8, 4) is 17.2 Å². The van der Waals surface area contributed by atoms with Crippen LogP contribution in [0.1, 0.15) is 23.7 Å². The number of ketones is 1. The first-order valence-corrected chi connectivity index (χ1v) is 9.32. The van der Waals surface area contributed by atoms with E-state index in [1.807, 2.05) is 31.2 Å². The van der Waals surface area contributed by atoms with Gasteiger partial charge in [0.2, 0.25) is 5.16 Å². The minimum Gasteiger partial charge on any atom is -0.497 e. The van der Waals surface area contributed by atoms with Gasteiger partial charge in [0, 0.05) is 5.56 Å². The van der Waals surface area contributed by atoms with E-state index < -0.39 is 0 Å². The molecule has 0 radical (unpaired) electrons. The number of ether oxygens (including phenoxy) is 2. The van der Waals surface area contributed by atoms with E-state index in [0.717, 1.165) is 17.2 Å². The molecule has 2 aromatic carbocycles. The molecule has 1 heterocycles. The second-order valence-electron chi connectivity index (χ2n) is 5.68. The van der Waals surface area contributed by atoms with E-state index in [-0.39, 0.29) is 11.0 Å². The summed E-state index contributed by atoms with van der Waals surface area (Å²) in [5.74, 6) is 1.51. The van der Waals surface area contributed by atoms with E-state index in [4.69, 9.17) is 9.47 Å². The van der Waals surface area contributed by atoms with Crippen LogP contribution >= 0.6 is 11.8 Å². The summed E-state index contributed by atoms with van der Waals surface area (Å²) in [4.78, 5) is 12.9. The van der Waals surface area contributed by atoms with Crippen LogP contribution in [-0.2, 0) is 0 Å². The number of methoxy groups -OCH3 is 2.